The summed E-state index contributed by atoms with van der Waals surface area (Å²) in [6.07, 6.45) is 0.345. The van der Waals surface area contributed by atoms with Gasteiger partial charge in [0.05, 0.1) is 26.0 Å². The second kappa shape index (κ2) is 6.34. The van der Waals surface area contributed by atoms with Gasteiger partial charge in [-0.25, -0.2) is 4.79 Å². The monoisotopic (exact) mass is 346 g/mol. The predicted molar refractivity (Wildman–Crippen MR) is 90.5 cm³/mol. The Morgan fingerprint density at radius 1 is 1.28 bits per heavy atom. The van der Waals surface area contributed by atoms with Crippen LogP contribution in [-0.2, 0) is 7.05 Å². The number of aromatic hydroxyl groups is 1. The van der Waals surface area contributed by atoms with Crippen molar-refractivity contribution in [2.45, 2.75) is 12.5 Å². The summed E-state index contributed by atoms with van der Waals surface area (Å²) in [7, 11) is 4.49. The largest absolute Gasteiger partial charge is 0.497 e. The van der Waals surface area contributed by atoms with Crippen molar-refractivity contribution in [2.24, 2.45) is 12.1 Å². The molecule has 1 aromatic carbocycles. The fraction of sp³-hybridized carbons (Fsp3) is 0.312. The molecule has 132 valence electrons. The van der Waals surface area contributed by atoms with E-state index in [-0.39, 0.29) is 11.6 Å². The molecular weight excluding hydrogens is 328 g/mol. The van der Waals surface area contributed by atoms with E-state index in [4.69, 9.17) is 9.47 Å². The minimum absolute atomic E-state index is 0.0235. The Bertz CT molecular complexity index is 960. The minimum Gasteiger partial charge on any atom is -0.497 e. The first-order valence-electron chi connectivity index (χ1n) is 7.53. The first kappa shape index (κ1) is 16.6. The van der Waals surface area contributed by atoms with Gasteiger partial charge in [0.15, 0.2) is 0 Å². The van der Waals surface area contributed by atoms with Crippen LogP contribution in [0.5, 0.6) is 17.4 Å². The van der Waals surface area contributed by atoms with Crippen LogP contribution in [0.2, 0.25) is 0 Å². The summed E-state index contributed by atoms with van der Waals surface area (Å²) in [5, 5.41) is 14.3. The van der Waals surface area contributed by atoms with Crippen LogP contribution in [0.3, 0.4) is 0 Å². The zero-order chi connectivity index (χ0) is 18.1. The van der Waals surface area contributed by atoms with E-state index in [1.54, 1.807) is 26.4 Å². The standard InChI is InChI=1S/C16H18N4O5/c1-20-15(22)13(14(21)17-16(20)23)11-7-10(18-19-11)9-5-4-8(24-2)6-12(9)25-3/h4-6,10,18,22H,7H2,1-3H3,(H,17,21,23)/t10-/m1/s1. The average Bonchev–Trinajstić information content (AvgIpc) is 3.08. The molecule has 0 fully saturated rings. The van der Waals surface area contributed by atoms with Crippen LogP contribution in [-0.4, -0.2) is 34.6 Å². The lowest BCUT2D eigenvalue weighted by Gasteiger charge is -2.15. The van der Waals surface area contributed by atoms with Gasteiger partial charge in [-0.05, 0) is 12.1 Å². The van der Waals surface area contributed by atoms with Crippen molar-refractivity contribution >= 4 is 5.71 Å². The van der Waals surface area contributed by atoms with Crippen molar-refractivity contribution in [2.75, 3.05) is 14.2 Å². The number of aromatic amines is 1. The van der Waals surface area contributed by atoms with Crippen LogP contribution in [0, 0.1) is 0 Å². The summed E-state index contributed by atoms with van der Waals surface area (Å²) in [4.78, 5) is 25.8. The molecule has 0 saturated carbocycles. The normalized spacial score (nSPS) is 16.3. The van der Waals surface area contributed by atoms with E-state index in [1.165, 1.54) is 7.05 Å². The lowest BCUT2D eigenvalue weighted by Crippen LogP contribution is -2.32. The van der Waals surface area contributed by atoms with Crippen molar-refractivity contribution in [1.82, 2.24) is 15.0 Å². The Hall–Kier alpha value is -3.23. The summed E-state index contributed by atoms with van der Waals surface area (Å²) in [5.74, 6) is 0.857. The number of aromatic nitrogens is 2. The smallest absolute Gasteiger partial charge is 0.330 e. The molecule has 0 radical (unpaired) electrons. The molecule has 1 aliphatic heterocycles. The first-order valence-corrected chi connectivity index (χ1v) is 7.53. The van der Waals surface area contributed by atoms with Crippen molar-refractivity contribution < 1.29 is 14.6 Å². The molecule has 0 amide bonds. The molecule has 25 heavy (non-hydrogen) atoms. The van der Waals surface area contributed by atoms with Gasteiger partial charge in [0.1, 0.15) is 17.1 Å². The number of methoxy groups -OCH3 is 2. The molecule has 1 aromatic heterocycles. The van der Waals surface area contributed by atoms with Crippen LogP contribution in [0.4, 0.5) is 0 Å². The van der Waals surface area contributed by atoms with Crippen molar-refractivity contribution in [3.8, 4) is 17.4 Å². The fourth-order valence-electron chi connectivity index (χ4n) is 2.75. The van der Waals surface area contributed by atoms with Crippen LogP contribution >= 0.6 is 0 Å². The molecule has 2 aromatic rings. The van der Waals surface area contributed by atoms with Gasteiger partial charge in [0.25, 0.3) is 5.56 Å². The summed E-state index contributed by atoms with van der Waals surface area (Å²) in [5.41, 5.74) is 2.74. The van der Waals surface area contributed by atoms with Gasteiger partial charge in [-0.3, -0.25) is 14.3 Å². The number of ether oxygens (including phenoxy) is 2. The van der Waals surface area contributed by atoms with Crippen molar-refractivity contribution in [1.29, 1.82) is 0 Å². The molecule has 2 heterocycles. The number of nitrogens with one attached hydrogen (secondary N) is 2. The van der Waals surface area contributed by atoms with E-state index in [1.807, 2.05) is 6.07 Å². The van der Waals surface area contributed by atoms with E-state index < -0.39 is 17.1 Å². The Morgan fingerprint density at radius 3 is 2.72 bits per heavy atom. The Kier molecular flexibility index (Phi) is 4.22. The second-order valence-electron chi connectivity index (χ2n) is 5.57. The second-order valence-corrected chi connectivity index (χ2v) is 5.57. The van der Waals surface area contributed by atoms with Gasteiger partial charge in [0, 0.05) is 25.1 Å². The van der Waals surface area contributed by atoms with Gasteiger partial charge in [-0.1, -0.05) is 0 Å². The van der Waals surface area contributed by atoms with Crippen LogP contribution in [0.25, 0.3) is 0 Å². The highest BCUT2D eigenvalue weighted by Crippen LogP contribution is 2.34. The van der Waals surface area contributed by atoms with Crippen molar-refractivity contribution in [3.05, 3.63) is 50.2 Å². The van der Waals surface area contributed by atoms with Crippen LogP contribution in [0.15, 0.2) is 32.9 Å². The molecular formula is C16H18N4O5. The lowest BCUT2D eigenvalue weighted by atomic mass is 9.99. The van der Waals surface area contributed by atoms with E-state index in [9.17, 15) is 14.7 Å². The maximum absolute atomic E-state index is 12.1. The summed E-state index contributed by atoms with van der Waals surface area (Å²) in [6.45, 7) is 0. The summed E-state index contributed by atoms with van der Waals surface area (Å²) < 4.78 is 11.5. The molecule has 3 N–H and O–H groups in total. The molecule has 3 rings (SSSR count). The van der Waals surface area contributed by atoms with E-state index in [0.29, 0.717) is 23.6 Å². The number of hydrogen-bond donors (Lipinski definition) is 3. The molecule has 9 nitrogen and oxygen atoms in total. The van der Waals surface area contributed by atoms with E-state index >= 15 is 0 Å². The lowest BCUT2D eigenvalue weighted by molar-refractivity contribution is 0.386. The Morgan fingerprint density at radius 2 is 2.04 bits per heavy atom. The molecule has 1 aliphatic rings. The van der Waals surface area contributed by atoms with E-state index in [2.05, 4.69) is 15.5 Å². The van der Waals surface area contributed by atoms with Gasteiger partial charge < -0.3 is 20.0 Å². The third-order valence-corrected chi connectivity index (χ3v) is 4.15. The first-order chi connectivity index (χ1) is 12.0. The maximum Gasteiger partial charge on any atom is 0.330 e. The Labute approximate surface area is 142 Å². The Balaban J connectivity index is 1.94. The predicted octanol–water partition coefficient (Wildman–Crippen LogP) is 0.235. The molecule has 9 heteroatoms. The van der Waals surface area contributed by atoms with E-state index in [0.717, 1.165) is 10.1 Å². The maximum atomic E-state index is 12.1. The van der Waals surface area contributed by atoms with Gasteiger partial charge in [-0.15, -0.1) is 0 Å². The number of nitrogens with zero attached hydrogens (tertiary/aromatic N) is 2. The van der Waals surface area contributed by atoms with Crippen molar-refractivity contribution in [3.63, 3.8) is 0 Å². The average molecular weight is 346 g/mol. The number of hydrazone groups is 1. The van der Waals surface area contributed by atoms with Gasteiger partial charge >= 0.3 is 5.69 Å². The quantitative estimate of drug-likeness (QED) is 0.730. The topological polar surface area (TPSA) is 118 Å². The molecule has 1 atom stereocenters. The number of rotatable bonds is 4. The third-order valence-electron chi connectivity index (χ3n) is 4.15. The molecule has 0 bridgehead atoms. The number of benzene rings is 1. The molecule has 0 spiro atoms. The molecule has 0 saturated heterocycles. The zero-order valence-corrected chi connectivity index (χ0v) is 14.0. The SMILES string of the molecule is COc1ccc([C@H]2CC(c3c(O)n(C)c(=O)[nH]c3=O)=NN2)c(OC)c1. The summed E-state index contributed by atoms with van der Waals surface area (Å²) in [6, 6.07) is 5.16. The number of H-pyrrole nitrogens is 1. The third kappa shape index (κ3) is 2.84. The molecule has 0 aliphatic carbocycles. The highest BCUT2D eigenvalue weighted by atomic mass is 16.5. The highest BCUT2D eigenvalue weighted by molar-refractivity contribution is 6.03. The minimum atomic E-state index is -0.689. The highest BCUT2D eigenvalue weighted by Gasteiger charge is 2.28. The molecule has 0 unspecified atom stereocenters. The van der Waals surface area contributed by atoms with Gasteiger partial charge in [0.2, 0.25) is 5.88 Å². The fourth-order valence-corrected chi connectivity index (χ4v) is 2.75. The van der Waals surface area contributed by atoms with Crippen LogP contribution in [0.1, 0.15) is 23.6 Å². The van der Waals surface area contributed by atoms with Crippen LogP contribution < -0.4 is 26.1 Å². The zero-order valence-electron chi connectivity index (χ0n) is 14.0. The number of hydrogen-bond acceptors (Lipinski definition) is 7. The van der Waals surface area contributed by atoms with Gasteiger partial charge in [-0.2, -0.15) is 5.10 Å². The summed E-state index contributed by atoms with van der Waals surface area (Å²) >= 11 is 0.